The van der Waals surface area contributed by atoms with Crippen molar-refractivity contribution >= 4 is 11.6 Å². The van der Waals surface area contributed by atoms with E-state index in [0.717, 1.165) is 0 Å². The fraction of sp³-hybridized carbons (Fsp3) is 0.333. The van der Waals surface area contributed by atoms with E-state index in [2.05, 4.69) is 0 Å². The average molecular weight is 201 g/mol. The lowest BCUT2D eigenvalue weighted by atomic mass is 10.00. The van der Waals surface area contributed by atoms with Crippen LogP contribution in [0.1, 0.15) is 12.0 Å². The Morgan fingerprint density at radius 1 is 1.38 bits per heavy atom. The van der Waals surface area contributed by atoms with Crippen molar-refractivity contribution in [1.29, 1.82) is 0 Å². The molecule has 0 saturated carbocycles. The van der Waals surface area contributed by atoms with Crippen LogP contribution in [0, 0.1) is 0 Å². The minimum atomic E-state index is -1.78. The molecule has 1 heterocycles. The minimum Gasteiger partial charge on any atom is -0.493 e. The van der Waals surface area contributed by atoms with Gasteiger partial charge in [-0.2, -0.15) is 0 Å². The average Bonchev–Trinajstić information content (AvgIpc) is 2.02. The second-order valence-corrected chi connectivity index (χ2v) is 3.49. The summed E-state index contributed by atoms with van der Waals surface area (Å²) in [4.78, 5) is 0. The molecular formula is C9H9ClO3. The predicted octanol–water partition coefficient (Wildman–Crippen LogP) is 1.26. The molecule has 13 heavy (non-hydrogen) atoms. The summed E-state index contributed by atoms with van der Waals surface area (Å²) in [6.07, 6.45) is 0.182. The van der Waals surface area contributed by atoms with Crippen molar-refractivity contribution in [3.05, 3.63) is 28.8 Å². The molecule has 0 aromatic heterocycles. The highest BCUT2D eigenvalue weighted by molar-refractivity contribution is 6.30. The molecule has 1 aromatic carbocycles. The molecule has 3 nitrogen and oxygen atoms in total. The van der Waals surface area contributed by atoms with Crippen LogP contribution in [0.15, 0.2) is 18.2 Å². The fourth-order valence-corrected chi connectivity index (χ4v) is 1.55. The Hall–Kier alpha value is -0.770. The summed E-state index contributed by atoms with van der Waals surface area (Å²) in [6.45, 7) is 0.292. The Morgan fingerprint density at radius 3 is 2.92 bits per heavy atom. The van der Waals surface area contributed by atoms with Crippen LogP contribution in [-0.2, 0) is 5.79 Å². The largest absolute Gasteiger partial charge is 0.493 e. The highest BCUT2D eigenvalue weighted by Gasteiger charge is 2.33. The second-order valence-electron chi connectivity index (χ2n) is 3.06. The Balaban J connectivity index is 2.53. The van der Waals surface area contributed by atoms with Gasteiger partial charge in [0.05, 0.1) is 12.2 Å². The third kappa shape index (κ3) is 1.50. The maximum atomic E-state index is 9.55. The summed E-state index contributed by atoms with van der Waals surface area (Å²) < 4.78 is 5.24. The van der Waals surface area contributed by atoms with Crippen LogP contribution >= 0.6 is 11.6 Å². The number of hydrogen-bond donors (Lipinski definition) is 2. The number of ether oxygens (including phenoxy) is 1. The van der Waals surface area contributed by atoms with Gasteiger partial charge in [-0.3, -0.25) is 0 Å². The maximum absolute atomic E-state index is 9.55. The molecule has 2 N–H and O–H groups in total. The van der Waals surface area contributed by atoms with E-state index >= 15 is 0 Å². The smallest absolute Gasteiger partial charge is 0.196 e. The molecule has 0 bridgehead atoms. The van der Waals surface area contributed by atoms with Crippen LogP contribution in [0.2, 0.25) is 5.02 Å². The summed E-state index contributed by atoms with van der Waals surface area (Å²) in [5.74, 6) is -1.33. The van der Waals surface area contributed by atoms with Crippen LogP contribution in [0.3, 0.4) is 0 Å². The van der Waals surface area contributed by atoms with E-state index in [-0.39, 0.29) is 6.42 Å². The molecule has 1 aliphatic heterocycles. The standard InChI is InChI=1S/C9H9ClO3/c10-6-1-2-7-8(5-6)13-4-3-9(7,11)12/h1-2,5,11-12H,3-4H2. The van der Waals surface area contributed by atoms with E-state index in [1.807, 2.05) is 0 Å². The minimum absolute atomic E-state index is 0.182. The topological polar surface area (TPSA) is 49.7 Å². The molecular weight excluding hydrogens is 192 g/mol. The number of hydrogen-bond acceptors (Lipinski definition) is 3. The van der Waals surface area contributed by atoms with Crippen molar-refractivity contribution < 1.29 is 14.9 Å². The quantitative estimate of drug-likeness (QED) is 0.620. The molecule has 0 aliphatic carbocycles. The van der Waals surface area contributed by atoms with Gasteiger partial charge in [0.25, 0.3) is 0 Å². The van der Waals surface area contributed by atoms with Crippen LogP contribution in [0.4, 0.5) is 0 Å². The first-order valence-electron chi connectivity index (χ1n) is 3.97. The Labute approximate surface area is 80.5 Å². The van der Waals surface area contributed by atoms with Gasteiger partial charge < -0.3 is 14.9 Å². The Morgan fingerprint density at radius 2 is 2.15 bits per heavy atom. The van der Waals surface area contributed by atoms with E-state index in [1.54, 1.807) is 18.2 Å². The SMILES string of the molecule is OC1(O)CCOc2cc(Cl)ccc21. The number of aliphatic hydroxyl groups is 2. The summed E-state index contributed by atoms with van der Waals surface area (Å²) >= 11 is 5.73. The van der Waals surface area contributed by atoms with Crippen LogP contribution < -0.4 is 4.74 Å². The number of rotatable bonds is 0. The van der Waals surface area contributed by atoms with Gasteiger partial charge in [-0.05, 0) is 18.2 Å². The summed E-state index contributed by atoms with van der Waals surface area (Å²) in [5, 5.41) is 19.6. The summed E-state index contributed by atoms with van der Waals surface area (Å²) in [6, 6.07) is 4.75. The first-order valence-corrected chi connectivity index (χ1v) is 4.35. The van der Waals surface area contributed by atoms with Gasteiger partial charge in [0.15, 0.2) is 5.79 Å². The molecule has 0 spiro atoms. The molecule has 2 rings (SSSR count). The zero-order chi connectivity index (χ0) is 9.47. The molecule has 0 amide bonds. The maximum Gasteiger partial charge on any atom is 0.196 e. The van der Waals surface area contributed by atoms with Gasteiger partial charge in [-0.25, -0.2) is 0 Å². The van der Waals surface area contributed by atoms with Gasteiger partial charge >= 0.3 is 0 Å². The van der Waals surface area contributed by atoms with Gasteiger partial charge in [0, 0.05) is 11.4 Å². The highest BCUT2D eigenvalue weighted by atomic mass is 35.5. The van der Waals surface area contributed by atoms with Crippen LogP contribution in [0.5, 0.6) is 5.75 Å². The molecule has 1 aromatic rings. The fourth-order valence-electron chi connectivity index (χ4n) is 1.38. The molecule has 1 aliphatic rings. The molecule has 4 heteroatoms. The van der Waals surface area contributed by atoms with Crippen molar-refractivity contribution in [2.24, 2.45) is 0 Å². The summed E-state index contributed by atoms with van der Waals surface area (Å²) in [5.41, 5.74) is 0.378. The lowest BCUT2D eigenvalue weighted by molar-refractivity contribution is -0.187. The first kappa shape index (κ1) is 8.81. The zero-order valence-corrected chi connectivity index (χ0v) is 7.58. The van der Waals surface area contributed by atoms with Crippen molar-refractivity contribution in [1.82, 2.24) is 0 Å². The Bertz CT molecular complexity index is 336. The normalized spacial score (nSPS) is 19.0. The molecule has 0 atom stereocenters. The highest BCUT2D eigenvalue weighted by Crippen LogP contribution is 2.36. The lowest BCUT2D eigenvalue weighted by Crippen LogP contribution is -2.32. The lowest BCUT2D eigenvalue weighted by Gasteiger charge is -2.29. The molecule has 0 saturated heterocycles. The summed E-state index contributed by atoms with van der Waals surface area (Å²) in [7, 11) is 0. The van der Waals surface area contributed by atoms with Crippen molar-refractivity contribution in [3.63, 3.8) is 0 Å². The monoisotopic (exact) mass is 200 g/mol. The number of benzene rings is 1. The molecule has 0 radical (unpaired) electrons. The van der Waals surface area contributed by atoms with E-state index in [4.69, 9.17) is 16.3 Å². The van der Waals surface area contributed by atoms with E-state index in [9.17, 15) is 10.2 Å². The van der Waals surface area contributed by atoms with Crippen molar-refractivity contribution in [3.8, 4) is 5.75 Å². The number of halogens is 1. The van der Waals surface area contributed by atoms with Gasteiger partial charge in [-0.1, -0.05) is 11.6 Å². The van der Waals surface area contributed by atoms with Gasteiger partial charge in [0.1, 0.15) is 5.75 Å². The van der Waals surface area contributed by atoms with E-state index in [1.165, 1.54) is 0 Å². The molecule has 70 valence electrons. The van der Waals surface area contributed by atoms with Gasteiger partial charge in [-0.15, -0.1) is 0 Å². The van der Waals surface area contributed by atoms with Crippen LogP contribution in [0.25, 0.3) is 0 Å². The third-order valence-corrected chi connectivity index (χ3v) is 2.32. The molecule has 0 unspecified atom stereocenters. The third-order valence-electron chi connectivity index (χ3n) is 2.08. The van der Waals surface area contributed by atoms with E-state index < -0.39 is 5.79 Å². The van der Waals surface area contributed by atoms with Crippen molar-refractivity contribution in [2.75, 3.05) is 6.61 Å². The number of fused-ring (bicyclic) bond motifs is 1. The van der Waals surface area contributed by atoms with Crippen LogP contribution in [-0.4, -0.2) is 16.8 Å². The predicted molar refractivity (Wildman–Crippen MR) is 47.7 cm³/mol. The van der Waals surface area contributed by atoms with E-state index in [0.29, 0.717) is 22.9 Å². The zero-order valence-electron chi connectivity index (χ0n) is 6.83. The van der Waals surface area contributed by atoms with Crippen molar-refractivity contribution in [2.45, 2.75) is 12.2 Å². The second kappa shape index (κ2) is 2.87. The molecule has 0 fully saturated rings. The Kier molecular flexibility index (Phi) is 1.95. The van der Waals surface area contributed by atoms with Gasteiger partial charge in [0.2, 0.25) is 0 Å². The first-order chi connectivity index (χ1) is 6.09.